The zero-order valence-electron chi connectivity index (χ0n) is 18.5. The van der Waals surface area contributed by atoms with Crippen LogP contribution >= 0.6 is 0 Å². The molecule has 1 aromatic carbocycles. The second kappa shape index (κ2) is 9.78. The average Bonchev–Trinajstić information content (AvgIpc) is 2.63. The lowest BCUT2D eigenvalue weighted by Crippen LogP contribution is -2.48. The van der Waals surface area contributed by atoms with Gasteiger partial charge in [-0.3, -0.25) is 0 Å². The van der Waals surface area contributed by atoms with E-state index in [2.05, 4.69) is 5.32 Å². The molecule has 30 heavy (non-hydrogen) atoms. The molecule has 0 saturated heterocycles. The van der Waals surface area contributed by atoms with E-state index in [1.165, 1.54) is 12.1 Å². The Morgan fingerprint density at radius 3 is 2.47 bits per heavy atom. The summed E-state index contributed by atoms with van der Waals surface area (Å²) in [5.74, 6) is -0.537. The van der Waals surface area contributed by atoms with Gasteiger partial charge >= 0.3 is 17.7 Å². The molecule has 2 unspecified atom stereocenters. The number of carbonyl (C=O) groups excluding carboxylic acids is 2. The maximum Gasteiger partial charge on any atom is 0.408 e. The summed E-state index contributed by atoms with van der Waals surface area (Å²) in [6.07, 6.45) is 1.61. The van der Waals surface area contributed by atoms with Crippen molar-refractivity contribution < 1.29 is 23.5 Å². The van der Waals surface area contributed by atoms with E-state index in [0.717, 1.165) is 23.8 Å². The van der Waals surface area contributed by atoms with Gasteiger partial charge in [-0.25, -0.2) is 14.4 Å². The van der Waals surface area contributed by atoms with Crippen LogP contribution in [-0.2, 0) is 16.0 Å². The number of nitrogens with one attached hydrogen (secondary N) is 1. The van der Waals surface area contributed by atoms with Crippen molar-refractivity contribution in [2.24, 2.45) is 5.92 Å². The molecule has 2 atom stereocenters. The number of esters is 1. The molecule has 0 saturated carbocycles. The van der Waals surface area contributed by atoms with Crippen LogP contribution in [0.1, 0.15) is 59.9 Å². The average molecular weight is 418 g/mol. The van der Waals surface area contributed by atoms with Crippen molar-refractivity contribution >= 4 is 23.0 Å². The molecule has 0 fully saturated rings. The highest BCUT2D eigenvalue weighted by Crippen LogP contribution is 2.24. The molecule has 0 radical (unpaired) electrons. The van der Waals surface area contributed by atoms with Crippen LogP contribution in [0, 0.1) is 5.92 Å². The minimum atomic E-state index is -0.876. The van der Waals surface area contributed by atoms with Crippen molar-refractivity contribution in [1.29, 1.82) is 0 Å². The molecule has 0 spiro atoms. The lowest BCUT2D eigenvalue weighted by molar-refractivity contribution is -0.138. The first kappa shape index (κ1) is 23.4. The minimum absolute atomic E-state index is 0.167. The Kier molecular flexibility index (Phi) is 7.65. The van der Waals surface area contributed by atoms with Gasteiger partial charge in [-0.2, -0.15) is 0 Å². The van der Waals surface area contributed by atoms with Crippen LogP contribution in [0.4, 0.5) is 4.79 Å². The van der Waals surface area contributed by atoms with Gasteiger partial charge in [0.05, 0.1) is 0 Å². The van der Waals surface area contributed by atoms with Gasteiger partial charge in [-0.05, 0) is 50.8 Å². The first-order valence-electron chi connectivity index (χ1n) is 10.3. The van der Waals surface area contributed by atoms with Crippen LogP contribution in [0.15, 0.2) is 33.5 Å². The summed E-state index contributed by atoms with van der Waals surface area (Å²) < 4.78 is 16.1. The maximum absolute atomic E-state index is 12.8. The van der Waals surface area contributed by atoms with Crippen molar-refractivity contribution in [2.45, 2.75) is 72.4 Å². The number of ether oxygens (including phenoxy) is 2. The van der Waals surface area contributed by atoms with Gasteiger partial charge in [0.2, 0.25) is 0 Å². The fraction of sp³-hybridized carbons (Fsp3) is 0.522. The first-order chi connectivity index (χ1) is 14.0. The highest BCUT2D eigenvalue weighted by atomic mass is 16.6. The summed E-state index contributed by atoms with van der Waals surface area (Å²) in [6, 6.07) is 5.56. The highest BCUT2D eigenvalue weighted by molar-refractivity contribution is 5.85. The third-order valence-corrected chi connectivity index (χ3v) is 4.68. The molecule has 0 bridgehead atoms. The molecular formula is C23H31NO6. The second-order valence-corrected chi connectivity index (χ2v) is 8.43. The number of aryl methyl sites for hydroxylation is 1. The monoisotopic (exact) mass is 417 g/mol. The summed E-state index contributed by atoms with van der Waals surface area (Å²) in [6.45, 7) is 11.0. The van der Waals surface area contributed by atoms with Crippen LogP contribution in [0.25, 0.3) is 11.0 Å². The zero-order valence-corrected chi connectivity index (χ0v) is 18.5. The molecule has 0 aliphatic heterocycles. The Morgan fingerprint density at radius 1 is 1.17 bits per heavy atom. The first-order valence-corrected chi connectivity index (χ1v) is 10.3. The van der Waals surface area contributed by atoms with Gasteiger partial charge in [0, 0.05) is 17.5 Å². The van der Waals surface area contributed by atoms with Crippen LogP contribution in [-0.4, -0.2) is 23.7 Å². The van der Waals surface area contributed by atoms with Crippen LogP contribution in [0.3, 0.4) is 0 Å². The molecule has 0 aliphatic rings. The summed E-state index contributed by atoms with van der Waals surface area (Å²) in [5, 5.41) is 3.41. The predicted molar refractivity (Wildman–Crippen MR) is 115 cm³/mol. The van der Waals surface area contributed by atoms with Crippen molar-refractivity contribution in [3.8, 4) is 5.75 Å². The van der Waals surface area contributed by atoms with E-state index in [4.69, 9.17) is 13.9 Å². The summed E-state index contributed by atoms with van der Waals surface area (Å²) in [4.78, 5) is 36.8. The van der Waals surface area contributed by atoms with Crippen LogP contribution in [0.5, 0.6) is 5.75 Å². The Balaban J connectivity index is 2.25. The number of benzene rings is 1. The van der Waals surface area contributed by atoms with E-state index in [9.17, 15) is 14.4 Å². The Bertz CT molecular complexity index is 956. The van der Waals surface area contributed by atoms with E-state index in [0.29, 0.717) is 12.0 Å². The van der Waals surface area contributed by atoms with Gasteiger partial charge in [0.1, 0.15) is 23.0 Å². The van der Waals surface area contributed by atoms with E-state index in [1.807, 2.05) is 20.8 Å². The highest BCUT2D eigenvalue weighted by Gasteiger charge is 2.30. The fourth-order valence-corrected chi connectivity index (χ4v) is 3.03. The molecule has 1 heterocycles. The number of hydrogen-bond donors (Lipinski definition) is 1. The lowest BCUT2D eigenvalue weighted by Gasteiger charge is -2.25. The quantitative estimate of drug-likeness (QED) is 0.402. The normalized spacial score (nSPS) is 13.5. The van der Waals surface area contributed by atoms with Crippen molar-refractivity contribution in [1.82, 2.24) is 5.32 Å². The number of fused-ring (bicyclic) bond motifs is 1. The third kappa shape index (κ3) is 6.34. The Hall–Kier alpha value is -2.83. The molecule has 7 heteroatoms. The van der Waals surface area contributed by atoms with Gasteiger partial charge < -0.3 is 19.2 Å². The molecule has 0 aliphatic carbocycles. The number of hydrogen-bond acceptors (Lipinski definition) is 6. The third-order valence-electron chi connectivity index (χ3n) is 4.68. The second-order valence-electron chi connectivity index (χ2n) is 8.43. The van der Waals surface area contributed by atoms with E-state index in [-0.39, 0.29) is 11.7 Å². The van der Waals surface area contributed by atoms with E-state index < -0.39 is 29.3 Å². The smallest absolute Gasteiger partial charge is 0.408 e. The Morgan fingerprint density at radius 2 is 1.87 bits per heavy atom. The standard InChI is InChI=1S/C23H31NO6/c1-7-9-15-12-19(25)29-18-13-16(10-11-17(15)18)28-21(26)20(14(3)8-2)24-22(27)30-23(4,5)6/h10-14,20H,7-9H2,1-6H3,(H,24,27). The summed E-state index contributed by atoms with van der Waals surface area (Å²) in [7, 11) is 0. The summed E-state index contributed by atoms with van der Waals surface area (Å²) >= 11 is 0. The molecule has 1 amide bonds. The molecule has 1 N–H and O–H groups in total. The molecule has 2 rings (SSSR count). The number of rotatable bonds is 7. The van der Waals surface area contributed by atoms with Gasteiger partial charge in [0.25, 0.3) is 0 Å². The number of alkyl carbamates (subject to hydrolysis) is 1. The maximum atomic E-state index is 12.8. The van der Waals surface area contributed by atoms with Crippen LogP contribution < -0.4 is 15.7 Å². The van der Waals surface area contributed by atoms with Crippen molar-refractivity contribution in [3.63, 3.8) is 0 Å². The number of carbonyl (C=O) groups is 2. The van der Waals surface area contributed by atoms with E-state index >= 15 is 0 Å². The molecular weight excluding hydrogens is 386 g/mol. The number of amides is 1. The molecule has 2 aromatic rings. The fourth-order valence-electron chi connectivity index (χ4n) is 3.03. The van der Waals surface area contributed by atoms with Gasteiger partial charge in [-0.1, -0.05) is 33.6 Å². The minimum Gasteiger partial charge on any atom is -0.444 e. The van der Waals surface area contributed by atoms with Gasteiger partial charge in [0.15, 0.2) is 0 Å². The van der Waals surface area contributed by atoms with Crippen LogP contribution in [0.2, 0.25) is 0 Å². The molecule has 7 nitrogen and oxygen atoms in total. The molecule has 1 aromatic heterocycles. The van der Waals surface area contributed by atoms with Crippen molar-refractivity contribution in [3.05, 3.63) is 40.2 Å². The zero-order chi connectivity index (χ0) is 22.5. The van der Waals surface area contributed by atoms with Gasteiger partial charge in [-0.15, -0.1) is 0 Å². The molecule has 164 valence electrons. The lowest BCUT2D eigenvalue weighted by atomic mass is 9.99. The SMILES string of the molecule is CCCc1cc(=O)oc2cc(OC(=O)C(NC(=O)OC(C)(C)C)C(C)CC)ccc12. The predicted octanol–water partition coefficient (Wildman–Crippen LogP) is 4.59. The Labute approximate surface area is 176 Å². The van der Waals surface area contributed by atoms with E-state index in [1.54, 1.807) is 32.9 Å². The topological polar surface area (TPSA) is 94.8 Å². The summed E-state index contributed by atoms with van der Waals surface area (Å²) in [5.41, 5.74) is 0.126. The van der Waals surface area contributed by atoms with Crippen molar-refractivity contribution in [2.75, 3.05) is 0 Å². The largest absolute Gasteiger partial charge is 0.444 e.